The molecule has 1 aliphatic rings. The lowest BCUT2D eigenvalue weighted by Crippen LogP contribution is -2.24. The maximum absolute atomic E-state index is 5.48. The van der Waals surface area contributed by atoms with Crippen molar-refractivity contribution in [3.8, 4) is 5.75 Å². The van der Waals surface area contributed by atoms with Crippen LogP contribution in [0.25, 0.3) is 0 Å². The van der Waals surface area contributed by atoms with Crippen LogP contribution in [0, 0.1) is 5.41 Å². The number of rotatable bonds is 9. The first-order valence-corrected chi connectivity index (χ1v) is 8.04. The molecule has 0 bridgehead atoms. The smallest absolute Gasteiger partial charge is 0.119 e. The van der Waals surface area contributed by atoms with E-state index in [1.54, 1.807) is 0 Å². The molecule has 0 radical (unpaired) electrons. The Bertz CT molecular complexity index is 392. The first-order chi connectivity index (χ1) is 9.59. The quantitative estimate of drug-likeness (QED) is 0.730. The predicted octanol–water partition coefficient (Wildman–Crippen LogP) is 4.19. The summed E-state index contributed by atoms with van der Waals surface area (Å²) in [5.41, 5.74) is 1.83. The van der Waals surface area contributed by atoms with Crippen LogP contribution in [0.4, 0.5) is 0 Å². The summed E-state index contributed by atoms with van der Waals surface area (Å²) in [5.74, 6) is 0.976. The van der Waals surface area contributed by atoms with Crippen LogP contribution in [0.3, 0.4) is 0 Å². The van der Waals surface area contributed by atoms with Crippen molar-refractivity contribution in [2.24, 2.45) is 5.41 Å². The summed E-state index contributed by atoms with van der Waals surface area (Å²) in [7, 11) is 0. The molecule has 1 aliphatic carbocycles. The minimum atomic E-state index is 0.417. The monoisotopic (exact) mass is 275 g/mol. The Hall–Kier alpha value is -1.02. The largest absolute Gasteiger partial charge is 0.494 e. The lowest BCUT2D eigenvalue weighted by Gasteiger charge is -2.25. The number of hydrogen-bond acceptors (Lipinski definition) is 2. The van der Waals surface area contributed by atoms with Crippen LogP contribution in [-0.4, -0.2) is 19.2 Å². The molecule has 0 spiro atoms. The second kappa shape index (κ2) is 7.12. The molecule has 1 aromatic carbocycles. The summed E-state index contributed by atoms with van der Waals surface area (Å²) >= 11 is 0. The minimum Gasteiger partial charge on any atom is -0.494 e. The summed E-state index contributed by atoms with van der Waals surface area (Å²) in [4.78, 5) is 0. The fourth-order valence-corrected chi connectivity index (χ4v) is 2.43. The molecule has 2 rings (SSSR count). The second-order valence-electron chi connectivity index (χ2n) is 6.72. The van der Waals surface area contributed by atoms with E-state index in [4.69, 9.17) is 4.74 Å². The third-order valence-electron chi connectivity index (χ3n) is 4.14. The molecule has 112 valence electrons. The van der Waals surface area contributed by atoms with Crippen LogP contribution in [0.2, 0.25) is 0 Å². The zero-order chi connectivity index (χ0) is 14.4. The number of nitrogens with one attached hydrogen (secondary N) is 1. The van der Waals surface area contributed by atoms with Gasteiger partial charge in [-0.05, 0) is 68.7 Å². The molecule has 1 fully saturated rings. The van der Waals surface area contributed by atoms with Crippen LogP contribution < -0.4 is 10.1 Å². The van der Waals surface area contributed by atoms with E-state index >= 15 is 0 Å². The van der Waals surface area contributed by atoms with Crippen LogP contribution in [0.1, 0.15) is 52.0 Å². The van der Waals surface area contributed by atoms with Gasteiger partial charge in [-0.25, -0.2) is 0 Å². The van der Waals surface area contributed by atoms with Gasteiger partial charge in [0.15, 0.2) is 0 Å². The van der Waals surface area contributed by atoms with E-state index in [1.807, 2.05) is 6.92 Å². The molecule has 0 aromatic heterocycles. The third-order valence-corrected chi connectivity index (χ3v) is 4.14. The molecule has 2 nitrogen and oxygen atoms in total. The first kappa shape index (κ1) is 15.4. The highest BCUT2D eigenvalue weighted by Crippen LogP contribution is 2.28. The zero-order valence-corrected chi connectivity index (χ0v) is 13.2. The Balaban J connectivity index is 1.71. The van der Waals surface area contributed by atoms with Crippen molar-refractivity contribution in [3.05, 3.63) is 29.8 Å². The third kappa shape index (κ3) is 5.54. The normalized spacial score (nSPS) is 15.3. The molecular formula is C18H29NO. The molecule has 0 heterocycles. The van der Waals surface area contributed by atoms with E-state index in [2.05, 4.69) is 43.4 Å². The summed E-state index contributed by atoms with van der Waals surface area (Å²) in [5, 5.41) is 3.62. The first-order valence-electron chi connectivity index (χ1n) is 8.04. The molecule has 1 aromatic rings. The SMILES string of the molecule is CCOc1ccc(CCC(C)(C)CCNC2CC2)cc1. The molecule has 0 unspecified atom stereocenters. The number of ether oxygens (including phenoxy) is 1. The van der Waals surface area contributed by atoms with Gasteiger partial charge >= 0.3 is 0 Å². The van der Waals surface area contributed by atoms with Gasteiger partial charge < -0.3 is 10.1 Å². The van der Waals surface area contributed by atoms with Crippen molar-refractivity contribution in [3.63, 3.8) is 0 Å². The van der Waals surface area contributed by atoms with Gasteiger partial charge in [-0.15, -0.1) is 0 Å². The van der Waals surface area contributed by atoms with Crippen molar-refractivity contribution in [2.45, 2.75) is 58.9 Å². The topological polar surface area (TPSA) is 21.3 Å². The molecule has 1 N–H and O–H groups in total. The highest BCUT2D eigenvalue weighted by atomic mass is 16.5. The Morgan fingerprint density at radius 3 is 2.45 bits per heavy atom. The Morgan fingerprint density at radius 2 is 1.85 bits per heavy atom. The maximum atomic E-state index is 5.48. The van der Waals surface area contributed by atoms with Crippen molar-refractivity contribution in [1.82, 2.24) is 5.32 Å². The van der Waals surface area contributed by atoms with E-state index in [1.165, 1.54) is 37.8 Å². The minimum absolute atomic E-state index is 0.417. The number of hydrogen-bond donors (Lipinski definition) is 1. The van der Waals surface area contributed by atoms with Gasteiger partial charge in [-0.2, -0.15) is 0 Å². The van der Waals surface area contributed by atoms with Gasteiger partial charge in [0, 0.05) is 6.04 Å². The lowest BCUT2D eigenvalue weighted by molar-refractivity contribution is 0.302. The van der Waals surface area contributed by atoms with Crippen LogP contribution >= 0.6 is 0 Å². The van der Waals surface area contributed by atoms with Gasteiger partial charge in [-0.1, -0.05) is 26.0 Å². The standard InChI is InChI=1S/C18H29NO/c1-4-20-17-9-5-15(6-10-17)11-12-18(2,3)13-14-19-16-7-8-16/h5-6,9-10,16,19H,4,7-8,11-14H2,1-3H3. The fourth-order valence-electron chi connectivity index (χ4n) is 2.43. The van der Waals surface area contributed by atoms with Crippen molar-refractivity contribution >= 4 is 0 Å². The molecule has 0 atom stereocenters. The highest BCUT2D eigenvalue weighted by Gasteiger charge is 2.22. The fraction of sp³-hybridized carbons (Fsp3) is 0.667. The molecule has 0 saturated heterocycles. The summed E-state index contributed by atoms with van der Waals surface area (Å²) in [6.07, 6.45) is 6.43. The van der Waals surface area contributed by atoms with Gasteiger partial charge in [-0.3, -0.25) is 0 Å². The predicted molar refractivity (Wildman–Crippen MR) is 85.4 cm³/mol. The van der Waals surface area contributed by atoms with E-state index in [-0.39, 0.29) is 0 Å². The zero-order valence-electron chi connectivity index (χ0n) is 13.2. The Kier molecular flexibility index (Phi) is 5.47. The highest BCUT2D eigenvalue weighted by molar-refractivity contribution is 5.27. The molecule has 0 amide bonds. The van der Waals surface area contributed by atoms with E-state index in [9.17, 15) is 0 Å². The number of benzene rings is 1. The van der Waals surface area contributed by atoms with Crippen molar-refractivity contribution < 1.29 is 4.74 Å². The average Bonchev–Trinajstić information content (AvgIpc) is 3.22. The second-order valence-corrected chi connectivity index (χ2v) is 6.72. The molecule has 1 saturated carbocycles. The number of aryl methyl sites for hydroxylation is 1. The van der Waals surface area contributed by atoms with E-state index < -0.39 is 0 Å². The molecular weight excluding hydrogens is 246 g/mol. The summed E-state index contributed by atoms with van der Waals surface area (Å²) < 4.78 is 5.48. The molecule has 20 heavy (non-hydrogen) atoms. The summed E-state index contributed by atoms with van der Waals surface area (Å²) in [6, 6.07) is 9.39. The van der Waals surface area contributed by atoms with Crippen LogP contribution in [0.5, 0.6) is 5.75 Å². The van der Waals surface area contributed by atoms with Crippen LogP contribution in [-0.2, 0) is 6.42 Å². The van der Waals surface area contributed by atoms with Gasteiger partial charge in [0.05, 0.1) is 6.61 Å². The molecule has 2 heteroatoms. The maximum Gasteiger partial charge on any atom is 0.119 e. The van der Waals surface area contributed by atoms with Crippen LogP contribution in [0.15, 0.2) is 24.3 Å². The van der Waals surface area contributed by atoms with Gasteiger partial charge in [0.2, 0.25) is 0 Å². The van der Waals surface area contributed by atoms with Gasteiger partial charge in [0.25, 0.3) is 0 Å². The Labute approximate surface area is 123 Å². The molecule has 0 aliphatic heterocycles. The average molecular weight is 275 g/mol. The van der Waals surface area contributed by atoms with Crippen molar-refractivity contribution in [2.75, 3.05) is 13.2 Å². The lowest BCUT2D eigenvalue weighted by atomic mass is 9.83. The summed E-state index contributed by atoms with van der Waals surface area (Å²) in [6.45, 7) is 8.69. The Morgan fingerprint density at radius 1 is 1.15 bits per heavy atom. The van der Waals surface area contributed by atoms with E-state index in [0.717, 1.165) is 24.8 Å². The van der Waals surface area contributed by atoms with Crippen molar-refractivity contribution in [1.29, 1.82) is 0 Å². The van der Waals surface area contributed by atoms with E-state index in [0.29, 0.717) is 5.41 Å². The van der Waals surface area contributed by atoms with Gasteiger partial charge in [0.1, 0.15) is 5.75 Å².